The molecule has 0 atom stereocenters. The monoisotopic (exact) mass is 384 g/mol. The number of nitrogens with one attached hydrogen (secondary N) is 1. The standard InChI is InChI=1S/C24H20N2O3/c1-17-7-5-6-10-22(17)28-16-23(27)25-20-13-11-19(12-14-20)24-26-21(15-29-24)18-8-3-2-4-9-18/h2-15H,16H2,1H3,(H,25,27). The van der Waals surface area contributed by atoms with Gasteiger partial charge in [-0.3, -0.25) is 4.79 Å². The van der Waals surface area contributed by atoms with Crippen molar-refractivity contribution in [2.24, 2.45) is 0 Å². The van der Waals surface area contributed by atoms with Gasteiger partial charge in [-0.1, -0.05) is 48.5 Å². The summed E-state index contributed by atoms with van der Waals surface area (Å²) in [5, 5.41) is 2.83. The highest BCUT2D eigenvalue weighted by molar-refractivity contribution is 5.92. The number of aromatic nitrogens is 1. The predicted octanol–water partition coefficient (Wildman–Crippen LogP) is 5.33. The molecule has 5 nitrogen and oxygen atoms in total. The second kappa shape index (κ2) is 8.44. The largest absolute Gasteiger partial charge is 0.483 e. The molecule has 144 valence electrons. The highest BCUT2D eigenvalue weighted by Gasteiger charge is 2.09. The Morgan fingerprint density at radius 1 is 0.931 bits per heavy atom. The predicted molar refractivity (Wildman–Crippen MR) is 113 cm³/mol. The molecule has 3 aromatic carbocycles. The lowest BCUT2D eigenvalue weighted by molar-refractivity contribution is -0.118. The number of hydrogen-bond donors (Lipinski definition) is 1. The number of benzene rings is 3. The summed E-state index contributed by atoms with van der Waals surface area (Å²) in [6, 6.07) is 24.8. The zero-order chi connectivity index (χ0) is 20.1. The molecule has 0 saturated carbocycles. The summed E-state index contributed by atoms with van der Waals surface area (Å²) in [7, 11) is 0. The lowest BCUT2D eigenvalue weighted by Crippen LogP contribution is -2.20. The van der Waals surface area contributed by atoms with Crippen LogP contribution in [-0.2, 0) is 4.79 Å². The van der Waals surface area contributed by atoms with Gasteiger partial charge < -0.3 is 14.5 Å². The summed E-state index contributed by atoms with van der Waals surface area (Å²) in [6.07, 6.45) is 1.64. The van der Waals surface area contributed by atoms with Crippen LogP contribution in [-0.4, -0.2) is 17.5 Å². The maximum atomic E-state index is 12.1. The quantitative estimate of drug-likeness (QED) is 0.488. The van der Waals surface area contributed by atoms with Gasteiger partial charge in [0.2, 0.25) is 5.89 Å². The van der Waals surface area contributed by atoms with Gasteiger partial charge in [0.05, 0.1) is 0 Å². The molecule has 0 aliphatic rings. The lowest BCUT2D eigenvalue weighted by Gasteiger charge is -2.09. The van der Waals surface area contributed by atoms with Gasteiger partial charge in [-0.25, -0.2) is 4.98 Å². The van der Waals surface area contributed by atoms with Gasteiger partial charge in [-0.15, -0.1) is 0 Å². The molecule has 1 heterocycles. The Balaban J connectivity index is 1.37. The molecule has 0 unspecified atom stereocenters. The molecule has 0 spiro atoms. The maximum absolute atomic E-state index is 12.1. The van der Waals surface area contributed by atoms with Crippen molar-refractivity contribution in [1.82, 2.24) is 4.98 Å². The van der Waals surface area contributed by atoms with Crippen LogP contribution in [0.4, 0.5) is 5.69 Å². The van der Waals surface area contributed by atoms with Crippen molar-refractivity contribution >= 4 is 11.6 Å². The molecule has 0 aliphatic carbocycles. The Labute approximate surface area is 169 Å². The molecule has 0 aliphatic heterocycles. The van der Waals surface area contributed by atoms with Crippen LogP contribution in [0.15, 0.2) is 89.5 Å². The molecule has 0 saturated heterocycles. The molecule has 29 heavy (non-hydrogen) atoms. The zero-order valence-corrected chi connectivity index (χ0v) is 16.0. The number of carbonyl (C=O) groups is 1. The highest BCUT2D eigenvalue weighted by Crippen LogP contribution is 2.25. The van der Waals surface area contributed by atoms with Crippen LogP contribution >= 0.6 is 0 Å². The van der Waals surface area contributed by atoms with Crippen molar-refractivity contribution in [3.63, 3.8) is 0 Å². The van der Waals surface area contributed by atoms with Crippen molar-refractivity contribution < 1.29 is 13.9 Å². The van der Waals surface area contributed by atoms with Gasteiger partial charge in [0.1, 0.15) is 17.7 Å². The maximum Gasteiger partial charge on any atom is 0.262 e. The summed E-state index contributed by atoms with van der Waals surface area (Å²) >= 11 is 0. The topological polar surface area (TPSA) is 64.4 Å². The highest BCUT2D eigenvalue weighted by atomic mass is 16.5. The van der Waals surface area contributed by atoms with Crippen LogP contribution in [0.2, 0.25) is 0 Å². The Morgan fingerprint density at radius 2 is 1.66 bits per heavy atom. The summed E-state index contributed by atoms with van der Waals surface area (Å²) in [4.78, 5) is 16.7. The van der Waals surface area contributed by atoms with Crippen LogP contribution in [0.25, 0.3) is 22.7 Å². The molecule has 4 rings (SSSR count). The first-order valence-electron chi connectivity index (χ1n) is 9.29. The smallest absolute Gasteiger partial charge is 0.262 e. The molecule has 0 bridgehead atoms. The van der Waals surface area contributed by atoms with Gasteiger partial charge >= 0.3 is 0 Å². The number of para-hydroxylation sites is 1. The summed E-state index contributed by atoms with van der Waals surface area (Å²) < 4.78 is 11.2. The second-order valence-corrected chi connectivity index (χ2v) is 6.58. The number of anilines is 1. The molecular formula is C24H20N2O3. The summed E-state index contributed by atoms with van der Waals surface area (Å²) in [5.74, 6) is 1.02. The van der Waals surface area contributed by atoms with E-state index in [1.54, 1.807) is 6.26 Å². The average molecular weight is 384 g/mol. The third kappa shape index (κ3) is 4.52. The van der Waals surface area contributed by atoms with Crippen molar-refractivity contribution in [3.8, 4) is 28.5 Å². The van der Waals surface area contributed by atoms with E-state index in [0.29, 0.717) is 17.3 Å². The van der Waals surface area contributed by atoms with Crippen molar-refractivity contribution in [2.75, 3.05) is 11.9 Å². The van der Waals surface area contributed by atoms with E-state index >= 15 is 0 Å². The number of hydrogen-bond acceptors (Lipinski definition) is 4. The van der Waals surface area contributed by atoms with E-state index in [4.69, 9.17) is 9.15 Å². The molecule has 4 aromatic rings. The number of oxazole rings is 1. The molecular weight excluding hydrogens is 364 g/mol. The zero-order valence-electron chi connectivity index (χ0n) is 16.0. The Morgan fingerprint density at radius 3 is 2.41 bits per heavy atom. The number of nitrogens with zero attached hydrogens (tertiary/aromatic N) is 1. The first-order chi connectivity index (χ1) is 14.2. The Bertz CT molecular complexity index is 1100. The average Bonchev–Trinajstić information content (AvgIpc) is 3.25. The lowest BCUT2D eigenvalue weighted by atomic mass is 10.2. The minimum Gasteiger partial charge on any atom is -0.483 e. The minimum absolute atomic E-state index is 0.0488. The molecule has 5 heteroatoms. The van der Waals surface area contributed by atoms with Crippen LogP contribution in [0.1, 0.15) is 5.56 Å². The van der Waals surface area contributed by atoms with Crippen molar-refractivity contribution in [1.29, 1.82) is 0 Å². The molecule has 1 aromatic heterocycles. The van der Waals surface area contributed by atoms with E-state index in [1.807, 2.05) is 85.8 Å². The van der Waals surface area contributed by atoms with E-state index in [2.05, 4.69) is 10.3 Å². The van der Waals surface area contributed by atoms with E-state index in [0.717, 1.165) is 22.4 Å². The van der Waals surface area contributed by atoms with Gasteiger partial charge in [0.25, 0.3) is 5.91 Å². The Kier molecular flexibility index (Phi) is 5.38. The minimum atomic E-state index is -0.219. The van der Waals surface area contributed by atoms with E-state index in [9.17, 15) is 4.79 Å². The van der Waals surface area contributed by atoms with Crippen LogP contribution in [0.5, 0.6) is 5.75 Å². The molecule has 1 N–H and O–H groups in total. The number of carbonyl (C=O) groups excluding carboxylic acids is 1. The van der Waals surface area contributed by atoms with Crippen LogP contribution in [0.3, 0.4) is 0 Å². The number of rotatable bonds is 6. The van der Waals surface area contributed by atoms with Gasteiger partial charge in [-0.2, -0.15) is 0 Å². The Hall–Kier alpha value is -3.86. The van der Waals surface area contributed by atoms with Crippen LogP contribution < -0.4 is 10.1 Å². The molecule has 0 fully saturated rings. The number of ether oxygens (including phenoxy) is 1. The van der Waals surface area contributed by atoms with Crippen molar-refractivity contribution in [2.45, 2.75) is 6.92 Å². The third-order valence-corrected chi connectivity index (χ3v) is 4.44. The molecule has 0 radical (unpaired) electrons. The fourth-order valence-corrected chi connectivity index (χ4v) is 2.90. The SMILES string of the molecule is Cc1ccccc1OCC(=O)Nc1ccc(-c2nc(-c3ccccc3)co2)cc1. The van der Waals surface area contributed by atoms with Gasteiger partial charge in [-0.05, 0) is 42.8 Å². The van der Waals surface area contributed by atoms with Crippen LogP contribution in [0, 0.1) is 6.92 Å². The second-order valence-electron chi connectivity index (χ2n) is 6.58. The van der Waals surface area contributed by atoms with Crippen molar-refractivity contribution in [3.05, 3.63) is 90.7 Å². The van der Waals surface area contributed by atoms with Gasteiger partial charge in [0.15, 0.2) is 6.61 Å². The third-order valence-electron chi connectivity index (χ3n) is 4.44. The first-order valence-corrected chi connectivity index (χ1v) is 9.29. The van der Waals surface area contributed by atoms with E-state index in [-0.39, 0.29) is 12.5 Å². The normalized spacial score (nSPS) is 10.5. The van der Waals surface area contributed by atoms with E-state index in [1.165, 1.54) is 0 Å². The number of amides is 1. The fourth-order valence-electron chi connectivity index (χ4n) is 2.90. The molecule has 1 amide bonds. The number of aryl methyl sites for hydroxylation is 1. The fraction of sp³-hybridized carbons (Fsp3) is 0.0833. The van der Waals surface area contributed by atoms with E-state index < -0.39 is 0 Å². The van der Waals surface area contributed by atoms with Gasteiger partial charge in [0, 0.05) is 16.8 Å². The first kappa shape index (κ1) is 18.5. The summed E-state index contributed by atoms with van der Waals surface area (Å²) in [6.45, 7) is 1.89. The summed E-state index contributed by atoms with van der Waals surface area (Å²) in [5.41, 5.74) is 4.29.